The molecule has 1 aliphatic carbocycles. The number of benzene rings is 2. The van der Waals surface area contributed by atoms with Crippen molar-refractivity contribution in [2.75, 3.05) is 0 Å². The molecule has 2 aromatic rings. The van der Waals surface area contributed by atoms with Crippen molar-refractivity contribution in [3.8, 4) is 0 Å². The lowest BCUT2D eigenvalue weighted by Crippen LogP contribution is -2.10. The number of hydrogen-bond donors (Lipinski definition) is 0. The Labute approximate surface area is 112 Å². The lowest BCUT2D eigenvalue weighted by molar-refractivity contribution is 0.103. The molecule has 1 nitrogen and oxygen atoms in total. The van der Waals surface area contributed by atoms with Gasteiger partial charge in [-0.25, -0.2) is 4.39 Å². The maximum absolute atomic E-state index is 12.9. The van der Waals surface area contributed by atoms with Crippen molar-refractivity contribution in [3.05, 3.63) is 71.0 Å². The number of hydrogen-bond acceptors (Lipinski definition) is 1. The van der Waals surface area contributed by atoms with Crippen LogP contribution in [0.3, 0.4) is 0 Å². The van der Waals surface area contributed by atoms with Crippen LogP contribution in [0.2, 0.25) is 0 Å². The second-order valence-corrected chi connectivity index (χ2v) is 5.09. The summed E-state index contributed by atoms with van der Waals surface area (Å²) in [6.07, 6.45) is 3.71. The molecule has 1 fully saturated rings. The van der Waals surface area contributed by atoms with Crippen molar-refractivity contribution >= 4 is 5.78 Å². The number of rotatable bonds is 3. The first-order chi connectivity index (χ1) is 9.24. The quantitative estimate of drug-likeness (QED) is 0.745. The van der Waals surface area contributed by atoms with E-state index in [1.165, 1.54) is 49.1 Å². The Hall–Kier alpha value is -1.96. The van der Waals surface area contributed by atoms with Gasteiger partial charge in [0.05, 0.1) is 0 Å². The Bertz CT molecular complexity index is 597. The van der Waals surface area contributed by atoms with Gasteiger partial charge in [0, 0.05) is 11.1 Å². The van der Waals surface area contributed by atoms with Crippen LogP contribution < -0.4 is 0 Å². The minimum atomic E-state index is -0.320. The van der Waals surface area contributed by atoms with Crippen molar-refractivity contribution < 1.29 is 9.18 Å². The minimum absolute atomic E-state index is 0.0406. The van der Waals surface area contributed by atoms with E-state index < -0.39 is 0 Å². The summed E-state index contributed by atoms with van der Waals surface area (Å²) in [5.41, 5.74) is 2.47. The second-order valence-electron chi connectivity index (χ2n) is 5.09. The molecule has 0 radical (unpaired) electrons. The van der Waals surface area contributed by atoms with Crippen LogP contribution in [0.15, 0.2) is 48.5 Å². The fourth-order valence-electron chi connectivity index (χ4n) is 2.44. The monoisotopic (exact) mass is 254 g/mol. The van der Waals surface area contributed by atoms with Crippen LogP contribution in [0.5, 0.6) is 0 Å². The Kier molecular flexibility index (Phi) is 3.16. The van der Waals surface area contributed by atoms with Crippen LogP contribution in [-0.4, -0.2) is 5.78 Å². The third kappa shape index (κ3) is 2.43. The topological polar surface area (TPSA) is 17.1 Å². The summed E-state index contributed by atoms with van der Waals surface area (Å²) in [5, 5.41) is 0. The standard InChI is InChI=1S/C17H15FO/c18-16-9-7-13(8-10-16)17(19)15-6-2-5-14(11-15)12-3-1-4-12/h2,5-12H,1,3-4H2. The summed E-state index contributed by atoms with van der Waals surface area (Å²) in [6.45, 7) is 0. The summed E-state index contributed by atoms with van der Waals surface area (Å²) in [6, 6.07) is 13.5. The first-order valence-electron chi connectivity index (χ1n) is 6.64. The molecule has 0 spiro atoms. The molecule has 1 aliphatic rings. The van der Waals surface area contributed by atoms with Crippen LogP contribution in [0.25, 0.3) is 0 Å². The average Bonchev–Trinajstić information content (AvgIpc) is 2.37. The highest BCUT2D eigenvalue weighted by Gasteiger charge is 2.20. The van der Waals surface area contributed by atoms with E-state index in [2.05, 4.69) is 6.07 Å². The zero-order valence-electron chi connectivity index (χ0n) is 10.6. The zero-order valence-corrected chi connectivity index (χ0v) is 10.6. The van der Waals surface area contributed by atoms with E-state index in [0.29, 0.717) is 17.0 Å². The highest BCUT2D eigenvalue weighted by molar-refractivity contribution is 6.09. The normalized spacial score (nSPS) is 15.0. The van der Waals surface area contributed by atoms with E-state index in [0.717, 1.165) is 0 Å². The van der Waals surface area contributed by atoms with Gasteiger partial charge in [-0.1, -0.05) is 24.6 Å². The SMILES string of the molecule is O=C(c1ccc(F)cc1)c1cccc(C2CCC2)c1. The third-order valence-corrected chi connectivity index (χ3v) is 3.83. The first-order valence-corrected chi connectivity index (χ1v) is 6.64. The van der Waals surface area contributed by atoms with E-state index in [4.69, 9.17) is 0 Å². The number of halogens is 1. The predicted molar refractivity (Wildman–Crippen MR) is 72.9 cm³/mol. The Morgan fingerprint density at radius 1 is 1.00 bits per heavy atom. The predicted octanol–water partition coefficient (Wildman–Crippen LogP) is 4.32. The molecule has 0 saturated heterocycles. The van der Waals surface area contributed by atoms with Gasteiger partial charge in [-0.2, -0.15) is 0 Å². The number of carbonyl (C=O) groups is 1. The van der Waals surface area contributed by atoms with Gasteiger partial charge in [0.25, 0.3) is 0 Å². The maximum atomic E-state index is 12.9. The van der Waals surface area contributed by atoms with Crippen LogP contribution >= 0.6 is 0 Å². The van der Waals surface area contributed by atoms with E-state index in [1.54, 1.807) is 0 Å². The molecule has 0 aliphatic heterocycles. The average molecular weight is 254 g/mol. The van der Waals surface area contributed by atoms with Gasteiger partial charge < -0.3 is 0 Å². The van der Waals surface area contributed by atoms with Gasteiger partial charge >= 0.3 is 0 Å². The van der Waals surface area contributed by atoms with Crippen LogP contribution in [-0.2, 0) is 0 Å². The fourth-order valence-corrected chi connectivity index (χ4v) is 2.44. The lowest BCUT2D eigenvalue weighted by atomic mass is 9.79. The minimum Gasteiger partial charge on any atom is -0.289 e. The van der Waals surface area contributed by atoms with Gasteiger partial charge in [-0.15, -0.1) is 0 Å². The van der Waals surface area contributed by atoms with Gasteiger partial charge in [-0.05, 0) is 54.7 Å². The molecule has 96 valence electrons. The largest absolute Gasteiger partial charge is 0.289 e. The molecule has 2 heteroatoms. The highest BCUT2D eigenvalue weighted by Crippen LogP contribution is 2.36. The summed E-state index contributed by atoms with van der Waals surface area (Å²) in [5.74, 6) is 0.252. The lowest BCUT2D eigenvalue weighted by Gasteiger charge is -2.26. The third-order valence-electron chi connectivity index (χ3n) is 3.83. The fraction of sp³-hybridized carbons (Fsp3) is 0.235. The first kappa shape index (κ1) is 12.1. The number of ketones is 1. The highest BCUT2D eigenvalue weighted by atomic mass is 19.1. The smallest absolute Gasteiger partial charge is 0.193 e. The van der Waals surface area contributed by atoms with E-state index in [9.17, 15) is 9.18 Å². The molecule has 0 aromatic heterocycles. The zero-order chi connectivity index (χ0) is 13.2. The van der Waals surface area contributed by atoms with Crippen LogP contribution in [0.4, 0.5) is 4.39 Å². The Morgan fingerprint density at radius 2 is 1.74 bits per heavy atom. The van der Waals surface area contributed by atoms with Crippen molar-refractivity contribution in [1.29, 1.82) is 0 Å². The van der Waals surface area contributed by atoms with Crippen molar-refractivity contribution in [3.63, 3.8) is 0 Å². The molecule has 3 rings (SSSR count). The van der Waals surface area contributed by atoms with Crippen molar-refractivity contribution in [1.82, 2.24) is 0 Å². The Morgan fingerprint density at radius 3 is 2.37 bits per heavy atom. The van der Waals surface area contributed by atoms with E-state index >= 15 is 0 Å². The molecule has 19 heavy (non-hydrogen) atoms. The van der Waals surface area contributed by atoms with E-state index in [1.807, 2.05) is 18.2 Å². The van der Waals surface area contributed by atoms with Gasteiger partial charge in [-0.3, -0.25) is 4.79 Å². The molecule has 0 amide bonds. The second kappa shape index (κ2) is 4.96. The summed E-state index contributed by atoms with van der Waals surface area (Å²) in [7, 11) is 0. The molecule has 0 N–H and O–H groups in total. The maximum Gasteiger partial charge on any atom is 0.193 e. The van der Waals surface area contributed by atoms with Gasteiger partial charge in [0.1, 0.15) is 5.82 Å². The summed E-state index contributed by atoms with van der Waals surface area (Å²) >= 11 is 0. The summed E-state index contributed by atoms with van der Waals surface area (Å²) in [4.78, 5) is 12.3. The Balaban J connectivity index is 1.88. The molecule has 0 bridgehead atoms. The summed E-state index contributed by atoms with van der Waals surface area (Å²) < 4.78 is 12.9. The van der Waals surface area contributed by atoms with E-state index in [-0.39, 0.29) is 11.6 Å². The molecular formula is C17H15FO. The molecular weight excluding hydrogens is 239 g/mol. The molecule has 0 atom stereocenters. The van der Waals surface area contributed by atoms with Crippen molar-refractivity contribution in [2.45, 2.75) is 25.2 Å². The molecule has 1 saturated carbocycles. The molecule has 0 unspecified atom stereocenters. The molecule has 0 heterocycles. The van der Waals surface area contributed by atoms with Gasteiger partial charge in [0.15, 0.2) is 5.78 Å². The molecule has 2 aromatic carbocycles. The number of carbonyl (C=O) groups excluding carboxylic acids is 1. The van der Waals surface area contributed by atoms with Crippen LogP contribution in [0, 0.1) is 5.82 Å². The van der Waals surface area contributed by atoms with Crippen LogP contribution in [0.1, 0.15) is 46.7 Å². The van der Waals surface area contributed by atoms with Gasteiger partial charge in [0.2, 0.25) is 0 Å². The van der Waals surface area contributed by atoms with Crippen molar-refractivity contribution in [2.24, 2.45) is 0 Å².